The van der Waals surface area contributed by atoms with Crippen LogP contribution in [0.2, 0.25) is 0 Å². The second kappa shape index (κ2) is 8.86. The van der Waals surface area contributed by atoms with Gasteiger partial charge in [0.1, 0.15) is 6.04 Å². The number of sulfonamides is 1. The number of hydrogen-bond acceptors (Lipinski definition) is 6. The summed E-state index contributed by atoms with van der Waals surface area (Å²) < 4.78 is 37.9. The number of carboxylic acid groups (broad SMARTS) is 1. The molecular weight excluding hydrogens is 364 g/mol. The van der Waals surface area contributed by atoms with Gasteiger partial charge in [0.05, 0.1) is 18.1 Å². The Kier molecular flexibility index (Phi) is 6.81. The van der Waals surface area contributed by atoms with E-state index in [2.05, 4.69) is 10.0 Å². The molecule has 0 bridgehead atoms. The fraction of sp³-hybridized carbons (Fsp3) is 0.500. The third-order valence-electron chi connectivity index (χ3n) is 3.71. The molecule has 0 saturated heterocycles. The molecule has 1 aromatic rings. The zero-order valence-corrected chi connectivity index (χ0v) is 15.2. The van der Waals surface area contributed by atoms with E-state index in [9.17, 15) is 18.0 Å². The first-order valence-corrected chi connectivity index (χ1v) is 9.73. The Bertz CT molecular complexity index is 764. The maximum atomic E-state index is 12.3. The van der Waals surface area contributed by atoms with Crippen LogP contribution in [0.4, 0.5) is 0 Å². The van der Waals surface area contributed by atoms with Crippen molar-refractivity contribution in [3.8, 4) is 11.5 Å². The average molecular weight is 386 g/mol. The third kappa shape index (κ3) is 5.33. The minimum absolute atomic E-state index is 0.000807. The topological polar surface area (TPSA) is 131 Å². The molecule has 1 heterocycles. The first-order valence-electron chi connectivity index (χ1n) is 8.25. The van der Waals surface area contributed by atoms with Gasteiger partial charge in [-0.05, 0) is 18.6 Å². The molecule has 2 rings (SSSR count). The van der Waals surface area contributed by atoms with E-state index >= 15 is 0 Å². The molecule has 144 valence electrons. The number of hydrogen-bond donors (Lipinski definition) is 3. The maximum absolute atomic E-state index is 12.3. The highest BCUT2D eigenvalue weighted by molar-refractivity contribution is 7.89. The molecule has 0 spiro atoms. The Labute approximate surface area is 151 Å². The highest BCUT2D eigenvalue weighted by Crippen LogP contribution is 2.31. The van der Waals surface area contributed by atoms with Gasteiger partial charge in [-0.1, -0.05) is 6.92 Å². The van der Waals surface area contributed by atoms with E-state index in [1.807, 2.05) is 0 Å². The molecule has 1 aliphatic rings. The third-order valence-corrected chi connectivity index (χ3v) is 5.17. The van der Waals surface area contributed by atoms with Crippen molar-refractivity contribution in [3.05, 3.63) is 18.2 Å². The van der Waals surface area contributed by atoms with Gasteiger partial charge < -0.3 is 19.9 Å². The zero-order chi connectivity index (χ0) is 19.2. The predicted octanol–water partition coefficient (Wildman–Crippen LogP) is 0.496. The lowest BCUT2D eigenvalue weighted by Gasteiger charge is -2.13. The highest BCUT2D eigenvalue weighted by atomic mass is 32.2. The van der Waals surface area contributed by atoms with Crippen LogP contribution in [0.3, 0.4) is 0 Å². The molecule has 1 amide bonds. The van der Waals surface area contributed by atoms with Gasteiger partial charge in [-0.25, -0.2) is 17.9 Å². The van der Waals surface area contributed by atoms with Crippen molar-refractivity contribution in [1.82, 2.24) is 10.0 Å². The minimum atomic E-state index is -3.83. The molecule has 9 nitrogen and oxygen atoms in total. The fourth-order valence-corrected chi connectivity index (χ4v) is 3.34. The Morgan fingerprint density at radius 1 is 1.23 bits per heavy atom. The van der Waals surface area contributed by atoms with E-state index in [1.54, 1.807) is 6.92 Å². The van der Waals surface area contributed by atoms with Gasteiger partial charge >= 0.3 is 5.97 Å². The number of carbonyl (C=O) groups excluding carboxylic acids is 1. The van der Waals surface area contributed by atoms with Crippen molar-refractivity contribution in [2.75, 3.05) is 19.8 Å². The number of amides is 1. The molecule has 1 aliphatic heterocycles. The number of fused-ring (bicyclic) bond motifs is 1. The van der Waals surface area contributed by atoms with E-state index < -0.39 is 27.9 Å². The van der Waals surface area contributed by atoms with Crippen molar-refractivity contribution < 1.29 is 32.6 Å². The van der Waals surface area contributed by atoms with Crippen LogP contribution in [0.5, 0.6) is 11.5 Å². The molecule has 1 atom stereocenters. The first kappa shape index (κ1) is 20.0. The lowest BCUT2D eigenvalue weighted by atomic mass is 10.2. The van der Waals surface area contributed by atoms with Crippen LogP contribution in [0.1, 0.15) is 26.2 Å². The van der Waals surface area contributed by atoms with Gasteiger partial charge in [0, 0.05) is 25.5 Å². The van der Waals surface area contributed by atoms with Crippen LogP contribution in [0.15, 0.2) is 23.1 Å². The summed E-state index contributed by atoms with van der Waals surface area (Å²) in [5.74, 6) is -0.829. The fourth-order valence-electron chi connectivity index (χ4n) is 2.30. The molecule has 0 aromatic heterocycles. The SMILES string of the molecule is CCC(NC(=O)CCNS(=O)(=O)c1ccc2c(c1)OCCCO2)C(=O)O. The second-order valence-corrected chi connectivity index (χ2v) is 7.44. The molecule has 10 heteroatoms. The second-order valence-electron chi connectivity index (χ2n) is 5.67. The quantitative estimate of drug-likeness (QED) is 0.593. The number of nitrogens with one attached hydrogen (secondary N) is 2. The smallest absolute Gasteiger partial charge is 0.326 e. The van der Waals surface area contributed by atoms with E-state index in [0.29, 0.717) is 31.1 Å². The Balaban J connectivity index is 1.93. The molecule has 0 fully saturated rings. The molecule has 26 heavy (non-hydrogen) atoms. The van der Waals surface area contributed by atoms with Crippen molar-refractivity contribution in [3.63, 3.8) is 0 Å². The van der Waals surface area contributed by atoms with Crippen LogP contribution in [0.25, 0.3) is 0 Å². The molecule has 1 unspecified atom stereocenters. The van der Waals surface area contributed by atoms with Gasteiger partial charge in [0.2, 0.25) is 15.9 Å². The van der Waals surface area contributed by atoms with Crippen molar-refractivity contribution in [2.45, 2.75) is 37.1 Å². The van der Waals surface area contributed by atoms with Crippen LogP contribution >= 0.6 is 0 Å². The number of rotatable bonds is 8. The van der Waals surface area contributed by atoms with Gasteiger partial charge in [-0.3, -0.25) is 4.79 Å². The Hall–Kier alpha value is -2.33. The zero-order valence-electron chi connectivity index (χ0n) is 14.4. The molecule has 3 N–H and O–H groups in total. The van der Waals surface area contributed by atoms with Crippen molar-refractivity contribution >= 4 is 21.9 Å². The van der Waals surface area contributed by atoms with Crippen LogP contribution < -0.4 is 19.5 Å². The summed E-state index contributed by atoms with van der Waals surface area (Å²) in [6, 6.07) is 3.31. The predicted molar refractivity (Wildman–Crippen MR) is 91.7 cm³/mol. The minimum Gasteiger partial charge on any atom is -0.490 e. The summed E-state index contributed by atoms with van der Waals surface area (Å²) in [5.41, 5.74) is 0. The van der Waals surface area contributed by atoms with Crippen LogP contribution in [0, 0.1) is 0 Å². The van der Waals surface area contributed by atoms with E-state index in [-0.39, 0.29) is 24.3 Å². The number of aliphatic carboxylic acids is 1. The van der Waals surface area contributed by atoms with Crippen molar-refractivity contribution in [1.29, 1.82) is 0 Å². The Morgan fingerprint density at radius 3 is 2.58 bits per heavy atom. The monoisotopic (exact) mass is 386 g/mol. The number of carboxylic acids is 1. The summed E-state index contributed by atoms with van der Waals surface area (Å²) in [5, 5.41) is 11.2. The van der Waals surface area contributed by atoms with Gasteiger partial charge in [0.25, 0.3) is 0 Å². The molecule has 0 saturated carbocycles. The largest absolute Gasteiger partial charge is 0.490 e. The summed E-state index contributed by atoms with van der Waals surface area (Å²) in [4.78, 5) is 22.6. The summed E-state index contributed by atoms with van der Waals surface area (Å²) in [6.07, 6.45) is 0.775. The first-order chi connectivity index (χ1) is 12.3. The summed E-state index contributed by atoms with van der Waals surface area (Å²) >= 11 is 0. The number of ether oxygens (including phenoxy) is 2. The van der Waals surface area contributed by atoms with Gasteiger partial charge in [-0.15, -0.1) is 0 Å². The number of benzene rings is 1. The lowest BCUT2D eigenvalue weighted by Crippen LogP contribution is -2.41. The molecule has 1 aromatic carbocycles. The van der Waals surface area contributed by atoms with E-state index in [1.165, 1.54) is 18.2 Å². The van der Waals surface area contributed by atoms with Gasteiger partial charge in [0.15, 0.2) is 11.5 Å². The standard InChI is InChI=1S/C16H22N2O7S/c1-2-12(16(20)21)18-15(19)6-7-17-26(22,23)11-4-5-13-14(10-11)25-9-3-8-24-13/h4-5,10,12,17H,2-3,6-9H2,1H3,(H,18,19)(H,20,21). The van der Waals surface area contributed by atoms with E-state index in [0.717, 1.165) is 0 Å². The molecule has 0 aliphatic carbocycles. The summed E-state index contributed by atoms with van der Waals surface area (Å²) in [6.45, 7) is 2.42. The Morgan fingerprint density at radius 2 is 1.92 bits per heavy atom. The van der Waals surface area contributed by atoms with E-state index in [4.69, 9.17) is 14.6 Å². The van der Waals surface area contributed by atoms with Gasteiger partial charge in [-0.2, -0.15) is 0 Å². The molecular formula is C16H22N2O7S. The lowest BCUT2D eigenvalue weighted by molar-refractivity contribution is -0.141. The normalized spacial score (nSPS) is 15.0. The maximum Gasteiger partial charge on any atom is 0.326 e. The highest BCUT2D eigenvalue weighted by Gasteiger charge is 2.20. The number of carbonyl (C=O) groups is 2. The molecule has 0 radical (unpaired) electrons. The average Bonchev–Trinajstić information content (AvgIpc) is 2.83. The van der Waals surface area contributed by atoms with Crippen LogP contribution in [-0.4, -0.2) is 51.2 Å². The summed E-state index contributed by atoms with van der Waals surface area (Å²) in [7, 11) is -3.83. The van der Waals surface area contributed by atoms with Crippen molar-refractivity contribution in [2.24, 2.45) is 0 Å². The van der Waals surface area contributed by atoms with Crippen LogP contribution in [-0.2, 0) is 19.6 Å².